The monoisotopic (exact) mass is 169 g/mol. The molecule has 1 fully saturated rings. The third-order valence-electron chi connectivity index (χ3n) is 1.98. The maximum atomic E-state index is 11.4. The Bertz CT molecular complexity index is 141. The molecule has 1 aliphatic heterocycles. The van der Waals surface area contributed by atoms with Crippen LogP contribution < -0.4 is 5.32 Å². The zero-order valence-electron chi connectivity index (χ0n) is 7.68. The van der Waals surface area contributed by atoms with Crippen molar-refractivity contribution in [3.05, 3.63) is 6.54 Å². The van der Waals surface area contributed by atoms with Crippen LogP contribution in [0.4, 0.5) is 0 Å². The molecule has 3 nitrogen and oxygen atoms in total. The second kappa shape index (κ2) is 5.14. The van der Waals surface area contributed by atoms with Crippen LogP contribution in [0.2, 0.25) is 0 Å². The minimum atomic E-state index is 0.209. The predicted molar refractivity (Wildman–Crippen MR) is 48.4 cm³/mol. The molecule has 1 rings (SSSR count). The van der Waals surface area contributed by atoms with Crippen LogP contribution in [-0.4, -0.2) is 30.4 Å². The van der Waals surface area contributed by atoms with Crippen molar-refractivity contribution in [2.75, 3.05) is 19.6 Å². The Balaban J connectivity index is 2.10. The van der Waals surface area contributed by atoms with Crippen molar-refractivity contribution in [1.29, 1.82) is 0 Å². The summed E-state index contributed by atoms with van der Waals surface area (Å²) in [6, 6.07) is 0. The topological polar surface area (TPSA) is 32.3 Å². The SMILES string of the molecule is CCCNCC(=O)N1[CH]CCC1. The average Bonchev–Trinajstić information content (AvgIpc) is 2.56. The molecule has 1 amide bonds. The van der Waals surface area contributed by atoms with Crippen molar-refractivity contribution in [3.63, 3.8) is 0 Å². The molecule has 0 aliphatic carbocycles. The lowest BCUT2D eigenvalue weighted by molar-refractivity contribution is -0.127. The van der Waals surface area contributed by atoms with E-state index in [1.807, 2.05) is 11.4 Å². The Labute approximate surface area is 74.1 Å². The summed E-state index contributed by atoms with van der Waals surface area (Å²) >= 11 is 0. The number of amides is 1. The molecule has 3 heteroatoms. The van der Waals surface area contributed by atoms with Crippen LogP contribution >= 0.6 is 0 Å². The fraction of sp³-hybridized carbons (Fsp3) is 0.778. The van der Waals surface area contributed by atoms with Crippen LogP contribution in [0, 0.1) is 6.54 Å². The number of carbonyl (C=O) groups is 1. The van der Waals surface area contributed by atoms with Crippen molar-refractivity contribution in [2.24, 2.45) is 0 Å². The third-order valence-corrected chi connectivity index (χ3v) is 1.98. The van der Waals surface area contributed by atoms with Gasteiger partial charge < -0.3 is 10.2 Å². The van der Waals surface area contributed by atoms with Crippen LogP contribution in [-0.2, 0) is 4.79 Å². The molecule has 1 saturated heterocycles. The lowest BCUT2D eigenvalue weighted by atomic mass is 10.4. The minimum Gasteiger partial charge on any atom is -0.337 e. The summed E-state index contributed by atoms with van der Waals surface area (Å²) in [6.45, 7) is 6.42. The molecule has 1 heterocycles. The number of hydrogen-bond acceptors (Lipinski definition) is 2. The van der Waals surface area contributed by atoms with Crippen molar-refractivity contribution in [2.45, 2.75) is 26.2 Å². The molecule has 0 atom stereocenters. The normalized spacial score (nSPS) is 16.9. The second-order valence-electron chi connectivity index (χ2n) is 3.09. The fourth-order valence-corrected chi connectivity index (χ4v) is 1.30. The van der Waals surface area contributed by atoms with Gasteiger partial charge in [0.2, 0.25) is 5.91 Å². The summed E-state index contributed by atoms with van der Waals surface area (Å²) in [5.41, 5.74) is 0. The van der Waals surface area contributed by atoms with Crippen molar-refractivity contribution >= 4 is 5.91 Å². The van der Waals surface area contributed by atoms with Gasteiger partial charge in [-0.2, -0.15) is 0 Å². The van der Waals surface area contributed by atoms with E-state index in [0.29, 0.717) is 6.54 Å². The van der Waals surface area contributed by atoms with Gasteiger partial charge in [-0.25, -0.2) is 0 Å². The summed E-state index contributed by atoms with van der Waals surface area (Å²) < 4.78 is 0. The highest BCUT2D eigenvalue weighted by Gasteiger charge is 2.17. The van der Waals surface area contributed by atoms with Gasteiger partial charge >= 0.3 is 0 Å². The first-order valence-electron chi connectivity index (χ1n) is 4.68. The predicted octanol–water partition coefficient (Wildman–Crippen LogP) is 0.770. The van der Waals surface area contributed by atoms with E-state index in [1.54, 1.807) is 0 Å². The van der Waals surface area contributed by atoms with Gasteiger partial charge in [0, 0.05) is 6.54 Å². The molecule has 0 saturated carbocycles. The molecule has 0 aromatic carbocycles. The van der Waals surface area contributed by atoms with Crippen molar-refractivity contribution in [1.82, 2.24) is 10.2 Å². The molecule has 0 unspecified atom stereocenters. The minimum absolute atomic E-state index is 0.209. The number of likely N-dealkylation sites (tertiary alicyclic amines) is 1. The first kappa shape index (κ1) is 9.52. The zero-order valence-corrected chi connectivity index (χ0v) is 7.68. The van der Waals surface area contributed by atoms with Crippen LogP contribution in [0.3, 0.4) is 0 Å². The molecule has 69 valence electrons. The number of rotatable bonds is 4. The Morgan fingerprint density at radius 3 is 3.08 bits per heavy atom. The van der Waals surface area contributed by atoms with Crippen LogP contribution in [0.25, 0.3) is 0 Å². The van der Waals surface area contributed by atoms with Crippen molar-refractivity contribution in [3.8, 4) is 0 Å². The summed E-state index contributed by atoms with van der Waals surface area (Å²) in [4.78, 5) is 13.2. The van der Waals surface area contributed by atoms with E-state index < -0.39 is 0 Å². The van der Waals surface area contributed by atoms with E-state index in [4.69, 9.17) is 0 Å². The largest absolute Gasteiger partial charge is 0.337 e. The van der Waals surface area contributed by atoms with Gasteiger partial charge in [0.05, 0.1) is 13.1 Å². The molecule has 1 radical (unpaired) electrons. The van der Waals surface area contributed by atoms with E-state index in [1.165, 1.54) is 0 Å². The van der Waals surface area contributed by atoms with Gasteiger partial charge in [0.25, 0.3) is 0 Å². The Kier molecular flexibility index (Phi) is 4.08. The summed E-state index contributed by atoms with van der Waals surface area (Å²) in [7, 11) is 0. The van der Waals surface area contributed by atoms with Crippen molar-refractivity contribution < 1.29 is 4.79 Å². The maximum absolute atomic E-state index is 11.4. The standard InChI is InChI=1S/C9H17N2O/c1-2-5-10-8-9(12)11-6-3-4-7-11/h6,10H,2-5,7-8H2,1H3. The molecule has 1 aliphatic rings. The molecular weight excluding hydrogens is 152 g/mol. The fourth-order valence-electron chi connectivity index (χ4n) is 1.30. The highest BCUT2D eigenvalue weighted by atomic mass is 16.2. The quantitative estimate of drug-likeness (QED) is 0.630. The Morgan fingerprint density at radius 2 is 2.50 bits per heavy atom. The molecule has 0 aromatic heterocycles. The van der Waals surface area contributed by atoms with E-state index in [-0.39, 0.29) is 5.91 Å². The lowest BCUT2D eigenvalue weighted by Gasteiger charge is -2.14. The maximum Gasteiger partial charge on any atom is 0.236 e. The van der Waals surface area contributed by atoms with Gasteiger partial charge in [-0.1, -0.05) is 6.92 Å². The summed E-state index contributed by atoms with van der Waals surface area (Å²) in [6.07, 6.45) is 3.26. The number of carbonyl (C=O) groups excluding carboxylic acids is 1. The van der Waals surface area contributed by atoms with E-state index >= 15 is 0 Å². The second-order valence-corrected chi connectivity index (χ2v) is 3.09. The van der Waals surface area contributed by atoms with E-state index in [2.05, 4.69) is 12.2 Å². The highest BCUT2D eigenvalue weighted by molar-refractivity contribution is 5.79. The molecule has 1 N–H and O–H groups in total. The summed E-state index contributed by atoms with van der Waals surface area (Å²) in [5.74, 6) is 0.209. The van der Waals surface area contributed by atoms with Crippen LogP contribution in [0.1, 0.15) is 26.2 Å². The van der Waals surface area contributed by atoms with Crippen LogP contribution in [0.15, 0.2) is 0 Å². The first-order valence-corrected chi connectivity index (χ1v) is 4.68. The Hall–Kier alpha value is -0.570. The number of hydrogen-bond donors (Lipinski definition) is 1. The van der Waals surface area contributed by atoms with Gasteiger partial charge in [-0.05, 0) is 25.8 Å². The van der Waals surface area contributed by atoms with Gasteiger partial charge in [-0.3, -0.25) is 4.79 Å². The summed E-state index contributed by atoms with van der Waals surface area (Å²) in [5, 5.41) is 3.10. The molecule has 0 spiro atoms. The van der Waals surface area contributed by atoms with Gasteiger partial charge in [-0.15, -0.1) is 0 Å². The van der Waals surface area contributed by atoms with Gasteiger partial charge in [0.15, 0.2) is 0 Å². The first-order chi connectivity index (χ1) is 5.84. The molecular formula is C9H17N2O. The Morgan fingerprint density at radius 1 is 1.67 bits per heavy atom. The highest BCUT2D eigenvalue weighted by Crippen LogP contribution is 2.11. The molecule has 0 bridgehead atoms. The van der Waals surface area contributed by atoms with E-state index in [9.17, 15) is 4.79 Å². The van der Waals surface area contributed by atoms with Gasteiger partial charge in [0.1, 0.15) is 0 Å². The lowest BCUT2D eigenvalue weighted by Crippen LogP contribution is -2.34. The smallest absolute Gasteiger partial charge is 0.236 e. The van der Waals surface area contributed by atoms with Crippen LogP contribution in [0.5, 0.6) is 0 Å². The number of nitrogens with one attached hydrogen (secondary N) is 1. The molecule has 12 heavy (non-hydrogen) atoms. The third kappa shape index (κ3) is 2.81. The average molecular weight is 169 g/mol. The van der Waals surface area contributed by atoms with E-state index in [0.717, 1.165) is 32.4 Å². The zero-order chi connectivity index (χ0) is 8.81. The number of nitrogens with zero attached hydrogens (tertiary/aromatic N) is 1. The molecule has 0 aromatic rings.